The summed E-state index contributed by atoms with van der Waals surface area (Å²) in [6.45, 7) is 6.90. The number of fused-ring (bicyclic) bond motifs is 5. The Hall–Kier alpha value is -0.630. The predicted molar refractivity (Wildman–Crippen MR) is 91.9 cm³/mol. The van der Waals surface area contributed by atoms with E-state index in [1.807, 2.05) is 0 Å². The van der Waals surface area contributed by atoms with Crippen LogP contribution in [0.25, 0.3) is 0 Å². The van der Waals surface area contributed by atoms with E-state index in [0.717, 1.165) is 25.7 Å². The summed E-state index contributed by atoms with van der Waals surface area (Å²) in [4.78, 5) is 13.3. The molecule has 4 fully saturated rings. The Balaban J connectivity index is 1.70. The Labute approximate surface area is 140 Å². The third-order valence-electron chi connectivity index (χ3n) is 8.52. The fraction of sp³-hybridized carbons (Fsp3) is 0.857. The van der Waals surface area contributed by atoms with Gasteiger partial charge in [-0.15, -0.1) is 0 Å². The molecule has 4 rings (SSSR count). The van der Waals surface area contributed by atoms with Crippen LogP contribution in [0, 0.1) is 34.5 Å². The van der Waals surface area contributed by atoms with Crippen LogP contribution in [-0.4, -0.2) is 17.0 Å². The van der Waals surface area contributed by atoms with Crippen molar-refractivity contribution < 1.29 is 9.90 Å². The average molecular weight is 316 g/mol. The van der Waals surface area contributed by atoms with Gasteiger partial charge in [0, 0.05) is 12.3 Å². The summed E-state index contributed by atoms with van der Waals surface area (Å²) < 4.78 is 0. The molecular formula is C21H32O2. The Morgan fingerprint density at radius 2 is 1.96 bits per heavy atom. The van der Waals surface area contributed by atoms with Gasteiger partial charge in [-0.1, -0.05) is 25.5 Å². The largest absolute Gasteiger partial charge is 0.393 e. The number of hydrogen-bond acceptors (Lipinski definition) is 2. The van der Waals surface area contributed by atoms with Crippen molar-refractivity contribution in [3.8, 4) is 0 Å². The van der Waals surface area contributed by atoms with Gasteiger partial charge in [-0.05, 0) is 80.5 Å². The van der Waals surface area contributed by atoms with E-state index in [1.165, 1.54) is 25.7 Å². The van der Waals surface area contributed by atoms with E-state index >= 15 is 0 Å². The van der Waals surface area contributed by atoms with Gasteiger partial charge in [0.05, 0.1) is 6.10 Å². The predicted octanol–water partition coefficient (Wildman–Crippen LogP) is 4.52. The molecule has 4 aliphatic rings. The first-order chi connectivity index (χ1) is 10.9. The van der Waals surface area contributed by atoms with E-state index in [4.69, 9.17) is 0 Å². The van der Waals surface area contributed by atoms with Gasteiger partial charge in [-0.2, -0.15) is 0 Å². The molecule has 2 heteroatoms. The molecule has 4 saturated carbocycles. The van der Waals surface area contributed by atoms with E-state index in [0.29, 0.717) is 23.5 Å². The zero-order chi connectivity index (χ0) is 16.4. The van der Waals surface area contributed by atoms with E-state index in [2.05, 4.69) is 26.8 Å². The van der Waals surface area contributed by atoms with Gasteiger partial charge in [0.15, 0.2) is 0 Å². The van der Waals surface area contributed by atoms with Crippen LogP contribution in [0.1, 0.15) is 72.1 Å². The second-order valence-corrected chi connectivity index (χ2v) is 9.37. The lowest BCUT2D eigenvalue weighted by Gasteiger charge is -2.59. The van der Waals surface area contributed by atoms with Crippen molar-refractivity contribution in [3.05, 3.63) is 11.6 Å². The third-order valence-corrected chi connectivity index (χ3v) is 8.52. The van der Waals surface area contributed by atoms with Crippen molar-refractivity contribution in [1.82, 2.24) is 0 Å². The van der Waals surface area contributed by atoms with Crippen LogP contribution in [0.5, 0.6) is 0 Å². The SMILES string of the molecule is C/C=C1/CCC2C3CCC4CC(O)CCC4(C)C3C(=O)CC12C. The fourth-order valence-corrected chi connectivity index (χ4v) is 7.37. The van der Waals surface area contributed by atoms with Crippen molar-refractivity contribution in [1.29, 1.82) is 0 Å². The van der Waals surface area contributed by atoms with Crippen molar-refractivity contribution in [2.45, 2.75) is 78.2 Å². The quantitative estimate of drug-likeness (QED) is 0.667. The van der Waals surface area contributed by atoms with Crippen molar-refractivity contribution in [2.75, 3.05) is 0 Å². The molecular weight excluding hydrogens is 284 g/mol. The normalized spacial score (nSPS) is 54.5. The Kier molecular flexibility index (Phi) is 3.58. The first-order valence-electron chi connectivity index (χ1n) is 9.76. The molecule has 0 spiro atoms. The van der Waals surface area contributed by atoms with Crippen LogP contribution in [0.15, 0.2) is 11.6 Å². The number of hydrogen-bond donors (Lipinski definition) is 1. The smallest absolute Gasteiger partial charge is 0.137 e. The Morgan fingerprint density at radius 3 is 2.70 bits per heavy atom. The number of carbonyl (C=O) groups is 1. The molecule has 0 aromatic heterocycles. The van der Waals surface area contributed by atoms with Crippen LogP contribution in [0.2, 0.25) is 0 Å². The van der Waals surface area contributed by atoms with E-state index in [9.17, 15) is 9.90 Å². The molecule has 0 aromatic rings. The van der Waals surface area contributed by atoms with Crippen molar-refractivity contribution in [2.24, 2.45) is 34.5 Å². The number of carbonyl (C=O) groups excluding carboxylic acids is 1. The zero-order valence-electron chi connectivity index (χ0n) is 15.0. The number of allylic oxidation sites excluding steroid dienone is 2. The summed E-state index contributed by atoms with van der Waals surface area (Å²) in [7, 11) is 0. The molecule has 2 nitrogen and oxygen atoms in total. The first-order valence-corrected chi connectivity index (χ1v) is 9.76. The molecule has 7 atom stereocenters. The molecule has 4 aliphatic carbocycles. The topological polar surface area (TPSA) is 37.3 Å². The first kappa shape index (κ1) is 15.9. The maximum absolute atomic E-state index is 13.3. The van der Waals surface area contributed by atoms with Gasteiger partial charge >= 0.3 is 0 Å². The maximum Gasteiger partial charge on any atom is 0.137 e. The number of aliphatic hydroxyl groups excluding tert-OH is 1. The highest BCUT2D eigenvalue weighted by Gasteiger charge is 2.61. The third kappa shape index (κ3) is 2.06. The monoisotopic (exact) mass is 316 g/mol. The highest BCUT2D eigenvalue weighted by molar-refractivity contribution is 5.85. The van der Waals surface area contributed by atoms with Gasteiger partial charge in [-0.3, -0.25) is 4.79 Å². The van der Waals surface area contributed by atoms with Gasteiger partial charge in [0.1, 0.15) is 5.78 Å². The zero-order valence-corrected chi connectivity index (χ0v) is 15.0. The molecule has 0 saturated heterocycles. The highest BCUT2D eigenvalue weighted by Crippen LogP contribution is 2.66. The molecule has 1 N–H and O–H groups in total. The van der Waals surface area contributed by atoms with Crippen molar-refractivity contribution >= 4 is 5.78 Å². The van der Waals surface area contributed by atoms with Gasteiger partial charge in [0.25, 0.3) is 0 Å². The lowest BCUT2D eigenvalue weighted by Crippen LogP contribution is -2.57. The summed E-state index contributed by atoms with van der Waals surface area (Å²) in [6, 6.07) is 0. The molecule has 128 valence electrons. The van der Waals surface area contributed by atoms with Crippen LogP contribution in [-0.2, 0) is 4.79 Å². The van der Waals surface area contributed by atoms with Gasteiger partial charge in [-0.25, -0.2) is 0 Å². The van der Waals surface area contributed by atoms with Crippen LogP contribution in [0.3, 0.4) is 0 Å². The lowest BCUT2D eigenvalue weighted by molar-refractivity contribution is -0.157. The minimum Gasteiger partial charge on any atom is -0.393 e. The molecule has 23 heavy (non-hydrogen) atoms. The minimum atomic E-state index is -0.130. The summed E-state index contributed by atoms with van der Waals surface area (Å²) in [5, 5.41) is 10.1. The number of Topliss-reactive ketones (excluding diaryl/α,β-unsaturated/α-hetero) is 1. The number of rotatable bonds is 0. The number of aliphatic hydroxyl groups is 1. The minimum absolute atomic E-state index is 0.130. The van der Waals surface area contributed by atoms with Gasteiger partial charge in [0.2, 0.25) is 0 Å². The summed E-state index contributed by atoms with van der Waals surface area (Å²) >= 11 is 0. The second-order valence-electron chi connectivity index (χ2n) is 9.37. The lowest BCUT2D eigenvalue weighted by atomic mass is 9.44. The average Bonchev–Trinajstić information content (AvgIpc) is 2.83. The molecule has 0 radical (unpaired) electrons. The summed E-state index contributed by atoms with van der Waals surface area (Å²) in [6.07, 6.45) is 10.7. The molecule has 0 heterocycles. The highest BCUT2D eigenvalue weighted by atomic mass is 16.3. The second kappa shape index (κ2) is 5.18. The standard InChI is InChI=1S/C21H32O2/c1-4-13-6-8-17-16-7-5-14-11-15(22)9-10-20(14,2)19(16)18(23)12-21(13,17)3/h4,14-17,19,22H,5-12H2,1-3H3/b13-4-. The van der Waals surface area contributed by atoms with Crippen LogP contribution in [0.4, 0.5) is 0 Å². The molecule has 0 amide bonds. The molecule has 0 bridgehead atoms. The van der Waals surface area contributed by atoms with E-state index in [-0.39, 0.29) is 22.9 Å². The molecule has 0 aromatic carbocycles. The van der Waals surface area contributed by atoms with Crippen molar-refractivity contribution in [3.63, 3.8) is 0 Å². The fourth-order valence-electron chi connectivity index (χ4n) is 7.37. The summed E-state index contributed by atoms with van der Waals surface area (Å²) in [5.74, 6) is 2.67. The summed E-state index contributed by atoms with van der Waals surface area (Å²) in [5.41, 5.74) is 1.84. The Bertz CT molecular complexity index is 550. The van der Waals surface area contributed by atoms with Crippen LogP contribution < -0.4 is 0 Å². The molecule has 7 unspecified atom stereocenters. The van der Waals surface area contributed by atoms with E-state index < -0.39 is 0 Å². The Morgan fingerprint density at radius 1 is 1.17 bits per heavy atom. The van der Waals surface area contributed by atoms with Gasteiger partial charge < -0.3 is 5.11 Å². The number of ketones is 1. The maximum atomic E-state index is 13.3. The van der Waals surface area contributed by atoms with Crippen LogP contribution >= 0.6 is 0 Å². The van der Waals surface area contributed by atoms with E-state index in [1.54, 1.807) is 5.57 Å². The molecule has 0 aliphatic heterocycles.